The Morgan fingerprint density at radius 1 is 0.944 bits per heavy atom. The summed E-state index contributed by atoms with van der Waals surface area (Å²) in [5.41, 5.74) is -2.13. The Morgan fingerprint density at radius 2 is 1.69 bits per heavy atom. The first-order valence-electron chi connectivity index (χ1n) is 13.9. The monoisotopic (exact) mass is 499 g/mol. The number of likely N-dealkylation sites (tertiary alicyclic amines) is 1. The van der Waals surface area contributed by atoms with Crippen LogP contribution in [-0.2, 0) is 19.1 Å². The standard InChI is InChI=1S/C28H41N3O5/c1-3-15-29-16-9-13-27(2)21(24(29)33)22-25(34)31(17-7-8-19-32)23-26(35)30(20-11-5-4-6-12-20)18-10-14-28(22,23)36-27/h9-10,13-14,20-23,32H,3-8,11-12,15-19H2,1-2H3/t21-,22+,23?,27+,28+/m1/s1. The first-order valence-corrected chi connectivity index (χ1v) is 13.9. The predicted molar refractivity (Wildman–Crippen MR) is 135 cm³/mol. The molecular formula is C28H41N3O5. The third-order valence-electron chi connectivity index (χ3n) is 8.99. The molecule has 8 nitrogen and oxygen atoms in total. The lowest BCUT2D eigenvalue weighted by Crippen LogP contribution is -2.57. The maximum atomic E-state index is 14.3. The van der Waals surface area contributed by atoms with Crippen molar-refractivity contribution in [2.45, 2.75) is 88.5 Å². The summed E-state index contributed by atoms with van der Waals surface area (Å²) in [5.74, 6) is -1.73. The number of amides is 3. The van der Waals surface area contributed by atoms with Crippen LogP contribution in [0.15, 0.2) is 24.3 Å². The summed E-state index contributed by atoms with van der Waals surface area (Å²) in [7, 11) is 0. The topological polar surface area (TPSA) is 90.4 Å². The second-order valence-corrected chi connectivity index (χ2v) is 11.3. The van der Waals surface area contributed by atoms with E-state index < -0.39 is 29.1 Å². The molecule has 1 spiro atoms. The number of aliphatic hydroxyl groups excluding tert-OH is 1. The number of nitrogens with zero attached hydrogens (tertiary/aromatic N) is 3. The van der Waals surface area contributed by atoms with E-state index in [-0.39, 0.29) is 30.4 Å². The molecule has 198 valence electrons. The molecule has 1 N–H and O–H groups in total. The molecule has 0 aromatic rings. The summed E-state index contributed by atoms with van der Waals surface area (Å²) in [6.07, 6.45) is 15.2. The van der Waals surface area contributed by atoms with Crippen LogP contribution in [-0.4, -0.2) is 93.6 Å². The number of rotatable bonds is 7. The quantitative estimate of drug-likeness (QED) is 0.429. The van der Waals surface area contributed by atoms with Gasteiger partial charge in [0.2, 0.25) is 17.7 Å². The van der Waals surface area contributed by atoms with Crippen molar-refractivity contribution in [2.24, 2.45) is 11.8 Å². The SMILES string of the molecule is CCCN1CC=C[C@]2(C)O[C@]34C=CCN(C5CCCCC5)C(=O)C3N(CCCCO)C(=O)[C@@H]4[C@@H]2C1=O. The number of fused-ring (bicyclic) bond motifs is 2. The van der Waals surface area contributed by atoms with Gasteiger partial charge in [0.05, 0.1) is 17.4 Å². The van der Waals surface area contributed by atoms with E-state index >= 15 is 0 Å². The van der Waals surface area contributed by atoms with Crippen molar-refractivity contribution in [1.29, 1.82) is 0 Å². The molecule has 0 aromatic carbocycles. The molecule has 0 bridgehead atoms. The fourth-order valence-electron chi connectivity index (χ4n) is 7.42. The van der Waals surface area contributed by atoms with Crippen LogP contribution in [0.4, 0.5) is 0 Å². The van der Waals surface area contributed by atoms with Gasteiger partial charge in [-0.05, 0) is 39.0 Å². The minimum atomic E-state index is -1.18. The first-order chi connectivity index (χ1) is 17.4. The van der Waals surface area contributed by atoms with E-state index in [0.29, 0.717) is 39.0 Å². The maximum absolute atomic E-state index is 14.3. The van der Waals surface area contributed by atoms with Crippen LogP contribution in [0.25, 0.3) is 0 Å². The molecule has 3 fully saturated rings. The zero-order chi connectivity index (χ0) is 25.5. The Balaban J connectivity index is 1.57. The molecule has 0 aromatic heterocycles. The Morgan fingerprint density at radius 3 is 2.42 bits per heavy atom. The first kappa shape index (κ1) is 25.5. The molecular weight excluding hydrogens is 458 g/mol. The average molecular weight is 500 g/mol. The van der Waals surface area contributed by atoms with E-state index in [2.05, 4.69) is 0 Å². The number of unbranched alkanes of at least 4 members (excludes halogenated alkanes) is 1. The Kier molecular flexibility index (Phi) is 7.03. The number of aliphatic hydroxyl groups is 1. The van der Waals surface area contributed by atoms with Crippen molar-refractivity contribution in [1.82, 2.24) is 14.7 Å². The zero-order valence-electron chi connectivity index (χ0n) is 21.7. The van der Waals surface area contributed by atoms with Crippen LogP contribution < -0.4 is 0 Å². The summed E-state index contributed by atoms with van der Waals surface area (Å²) in [4.78, 5) is 47.9. The Hall–Kier alpha value is -2.19. The van der Waals surface area contributed by atoms with Gasteiger partial charge < -0.3 is 24.5 Å². The molecule has 2 saturated heterocycles. The van der Waals surface area contributed by atoms with Gasteiger partial charge >= 0.3 is 0 Å². The van der Waals surface area contributed by atoms with Crippen molar-refractivity contribution in [3.63, 3.8) is 0 Å². The maximum Gasteiger partial charge on any atom is 0.249 e. The third-order valence-corrected chi connectivity index (χ3v) is 8.99. The van der Waals surface area contributed by atoms with Crippen molar-refractivity contribution in [3.05, 3.63) is 24.3 Å². The second-order valence-electron chi connectivity index (χ2n) is 11.3. The van der Waals surface area contributed by atoms with Crippen LogP contribution in [0.5, 0.6) is 0 Å². The Labute approximate surface area is 214 Å². The van der Waals surface area contributed by atoms with Gasteiger partial charge in [-0.1, -0.05) is 50.5 Å². The van der Waals surface area contributed by atoms with Crippen LogP contribution in [0.1, 0.15) is 65.2 Å². The molecule has 0 radical (unpaired) electrons. The minimum absolute atomic E-state index is 0.0375. The highest BCUT2D eigenvalue weighted by Gasteiger charge is 2.74. The van der Waals surface area contributed by atoms with E-state index in [0.717, 1.165) is 32.1 Å². The fourth-order valence-corrected chi connectivity index (χ4v) is 7.42. The van der Waals surface area contributed by atoms with Gasteiger partial charge in [0.15, 0.2) is 0 Å². The van der Waals surface area contributed by atoms with E-state index in [4.69, 9.17) is 4.74 Å². The summed E-state index contributed by atoms with van der Waals surface area (Å²) >= 11 is 0. The van der Waals surface area contributed by atoms with Gasteiger partial charge in [-0.25, -0.2) is 0 Å². The smallest absolute Gasteiger partial charge is 0.249 e. The number of hydrogen-bond acceptors (Lipinski definition) is 5. The van der Waals surface area contributed by atoms with Crippen LogP contribution in [0.2, 0.25) is 0 Å². The highest BCUT2D eigenvalue weighted by atomic mass is 16.5. The van der Waals surface area contributed by atoms with Gasteiger partial charge in [-0.2, -0.15) is 0 Å². The van der Waals surface area contributed by atoms with Crippen molar-refractivity contribution >= 4 is 17.7 Å². The number of hydrogen-bond donors (Lipinski definition) is 1. The average Bonchev–Trinajstić information content (AvgIpc) is 3.13. The van der Waals surface area contributed by atoms with Crippen LogP contribution >= 0.6 is 0 Å². The lowest BCUT2D eigenvalue weighted by molar-refractivity contribution is -0.154. The fraction of sp³-hybridized carbons (Fsp3) is 0.750. The molecule has 8 heteroatoms. The lowest BCUT2D eigenvalue weighted by atomic mass is 9.74. The summed E-state index contributed by atoms with van der Waals surface area (Å²) in [6, 6.07) is -0.623. The van der Waals surface area contributed by atoms with Gasteiger partial charge in [-0.3, -0.25) is 14.4 Å². The predicted octanol–water partition coefficient (Wildman–Crippen LogP) is 2.27. The minimum Gasteiger partial charge on any atom is -0.396 e. The van der Waals surface area contributed by atoms with E-state index in [1.54, 1.807) is 4.90 Å². The molecule has 5 aliphatic rings. The molecule has 3 amide bonds. The molecule has 5 rings (SSSR count). The van der Waals surface area contributed by atoms with E-state index in [9.17, 15) is 19.5 Å². The van der Waals surface area contributed by atoms with Crippen molar-refractivity contribution in [3.8, 4) is 0 Å². The van der Waals surface area contributed by atoms with Crippen molar-refractivity contribution < 1.29 is 24.2 Å². The Bertz CT molecular complexity index is 943. The van der Waals surface area contributed by atoms with Crippen molar-refractivity contribution in [2.75, 3.05) is 32.8 Å². The van der Waals surface area contributed by atoms with Gasteiger partial charge in [0.1, 0.15) is 11.6 Å². The van der Waals surface area contributed by atoms with Crippen LogP contribution in [0.3, 0.4) is 0 Å². The molecule has 1 saturated carbocycles. The van der Waals surface area contributed by atoms with E-state index in [1.165, 1.54) is 6.42 Å². The molecule has 1 aliphatic carbocycles. The largest absolute Gasteiger partial charge is 0.396 e. The number of carbonyl (C=O) groups is 3. The number of ether oxygens (including phenoxy) is 1. The third kappa shape index (κ3) is 3.92. The van der Waals surface area contributed by atoms with Gasteiger partial charge in [0, 0.05) is 38.8 Å². The molecule has 36 heavy (non-hydrogen) atoms. The zero-order valence-corrected chi connectivity index (χ0v) is 21.7. The van der Waals surface area contributed by atoms with E-state index in [1.807, 2.05) is 48.0 Å². The molecule has 4 heterocycles. The van der Waals surface area contributed by atoms with Gasteiger partial charge in [-0.15, -0.1) is 0 Å². The molecule has 4 aliphatic heterocycles. The summed E-state index contributed by atoms with van der Waals surface area (Å²) < 4.78 is 6.86. The van der Waals surface area contributed by atoms with Crippen LogP contribution in [0, 0.1) is 11.8 Å². The number of carbonyl (C=O) groups excluding carboxylic acids is 3. The highest BCUT2D eigenvalue weighted by molar-refractivity contribution is 6.00. The highest BCUT2D eigenvalue weighted by Crippen LogP contribution is 2.57. The normalized spacial score (nSPS) is 36.7. The summed E-state index contributed by atoms with van der Waals surface area (Å²) in [5, 5.41) is 9.37. The second kappa shape index (κ2) is 9.93. The summed E-state index contributed by atoms with van der Waals surface area (Å²) in [6.45, 7) is 5.98. The van der Waals surface area contributed by atoms with Gasteiger partial charge in [0.25, 0.3) is 0 Å². The molecule has 1 unspecified atom stereocenters. The molecule has 5 atom stereocenters. The lowest BCUT2D eigenvalue weighted by Gasteiger charge is -2.40.